The van der Waals surface area contributed by atoms with Crippen molar-refractivity contribution >= 4 is 23.3 Å². The number of carbonyl (C=O) groups is 1. The van der Waals surface area contributed by atoms with Gasteiger partial charge < -0.3 is 4.90 Å². The molecular weight excluding hydrogens is 342 g/mol. The molecule has 0 bridgehead atoms. The fourth-order valence-corrected chi connectivity index (χ4v) is 4.72. The van der Waals surface area contributed by atoms with Crippen LogP contribution >= 0.6 is 11.3 Å². The maximum absolute atomic E-state index is 12.9. The van der Waals surface area contributed by atoms with Gasteiger partial charge in [0.1, 0.15) is 0 Å². The van der Waals surface area contributed by atoms with E-state index >= 15 is 0 Å². The van der Waals surface area contributed by atoms with Crippen LogP contribution in [0.2, 0.25) is 0 Å². The maximum atomic E-state index is 12.9. The molecule has 5 heteroatoms. The van der Waals surface area contributed by atoms with Gasteiger partial charge in [-0.25, -0.2) is 4.98 Å². The number of nitrogens with zero attached hydrogens (tertiary/aromatic N) is 3. The summed E-state index contributed by atoms with van der Waals surface area (Å²) in [6.45, 7) is 4.57. The van der Waals surface area contributed by atoms with Crippen LogP contribution in [0, 0.1) is 5.92 Å². The predicted molar refractivity (Wildman–Crippen MR) is 106 cm³/mol. The Balaban J connectivity index is 1.25. The number of aromatic nitrogens is 1. The first-order valence-electron chi connectivity index (χ1n) is 9.43. The lowest BCUT2D eigenvalue weighted by Crippen LogP contribution is -2.50. The van der Waals surface area contributed by atoms with Gasteiger partial charge in [-0.3, -0.25) is 9.69 Å². The van der Waals surface area contributed by atoms with Gasteiger partial charge in [0.15, 0.2) is 0 Å². The molecule has 4 nitrogen and oxygen atoms in total. The Morgan fingerprint density at radius 3 is 2.81 bits per heavy atom. The highest BCUT2D eigenvalue weighted by atomic mass is 32.1. The molecule has 0 N–H and O–H groups in total. The van der Waals surface area contributed by atoms with Gasteiger partial charge >= 0.3 is 0 Å². The fraction of sp³-hybridized carbons (Fsp3) is 0.429. The number of carbonyl (C=O) groups excluding carboxylic acids is 1. The van der Waals surface area contributed by atoms with Crippen LogP contribution < -0.4 is 0 Å². The molecule has 1 atom stereocenters. The Bertz CT molecular complexity index is 763. The number of benzene rings is 1. The molecule has 0 saturated carbocycles. The SMILES string of the molecule is O=C(C1CCc2ncsc2C1)N1CCN(C/C=C/c2ccccc2)CC1. The topological polar surface area (TPSA) is 36.4 Å². The van der Waals surface area contributed by atoms with E-state index in [1.54, 1.807) is 11.3 Å². The quantitative estimate of drug-likeness (QED) is 0.833. The second kappa shape index (κ2) is 8.14. The summed E-state index contributed by atoms with van der Waals surface area (Å²) in [7, 11) is 0. The molecule has 0 spiro atoms. The summed E-state index contributed by atoms with van der Waals surface area (Å²) in [5.74, 6) is 0.510. The normalized spacial score (nSPS) is 21.1. The second-order valence-electron chi connectivity index (χ2n) is 7.10. The number of aryl methyl sites for hydroxylation is 1. The molecule has 1 fully saturated rings. The number of fused-ring (bicyclic) bond motifs is 1. The van der Waals surface area contributed by atoms with E-state index in [0.29, 0.717) is 5.91 Å². The summed E-state index contributed by atoms with van der Waals surface area (Å²) in [5, 5.41) is 0. The van der Waals surface area contributed by atoms with Gasteiger partial charge in [-0.2, -0.15) is 0 Å². The zero-order chi connectivity index (χ0) is 17.8. The zero-order valence-electron chi connectivity index (χ0n) is 15.0. The first-order chi connectivity index (χ1) is 12.8. The molecule has 2 heterocycles. The van der Waals surface area contributed by atoms with Gasteiger partial charge in [-0.1, -0.05) is 42.5 Å². The third-order valence-electron chi connectivity index (χ3n) is 5.39. The van der Waals surface area contributed by atoms with E-state index in [-0.39, 0.29) is 5.92 Å². The van der Waals surface area contributed by atoms with Crippen LogP contribution in [0.3, 0.4) is 0 Å². The van der Waals surface area contributed by atoms with Crippen molar-refractivity contribution in [1.29, 1.82) is 0 Å². The van der Waals surface area contributed by atoms with Gasteiger partial charge in [0.25, 0.3) is 0 Å². The summed E-state index contributed by atoms with van der Waals surface area (Å²) in [5.41, 5.74) is 4.37. The lowest BCUT2D eigenvalue weighted by atomic mass is 9.90. The molecule has 26 heavy (non-hydrogen) atoms. The summed E-state index contributed by atoms with van der Waals surface area (Å²) in [4.78, 5) is 23.1. The first kappa shape index (κ1) is 17.4. The molecule has 4 rings (SSSR count). The Morgan fingerprint density at radius 1 is 1.19 bits per heavy atom. The number of thiazole rings is 1. The average molecular weight is 368 g/mol. The van der Waals surface area contributed by atoms with Crippen molar-refractivity contribution in [2.45, 2.75) is 19.3 Å². The molecule has 2 aliphatic rings. The number of amides is 1. The third kappa shape index (κ3) is 4.05. The van der Waals surface area contributed by atoms with Gasteiger partial charge in [0, 0.05) is 43.5 Å². The minimum atomic E-state index is 0.160. The molecule has 1 aliphatic heterocycles. The van der Waals surface area contributed by atoms with Gasteiger partial charge in [-0.05, 0) is 24.8 Å². The van der Waals surface area contributed by atoms with Crippen LogP contribution in [0.5, 0.6) is 0 Å². The molecule has 2 aromatic rings. The van der Waals surface area contributed by atoms with Gasteiger partial charge in [0.05, 0.1) is 11.2 Å². The fourth-order valence-electron chi connectivity index (χ4n) is 3.82. The van der Waals surface area contributed by atoms with E-state index < -0.39 is 0 Å². The minimum Gasteiger partial charge on any atom is -0.340 e. The minimum absolute atomic E-state index is 0.160. The average Bonchev–Trinajstić information content (AvgIpc) is 3.17. The molecule has 1 aromatic heterocycles. The highest BCUT2D eigenvalue weighted by molar-refractivity contribution is 7.09. The predicted octanol–water partition coefficient (Wildman–Crippen LogP) is 3.11. The molecule has 0 radical (unpaired) electrons. The van der Waals surface area contributed by atoms with Crippen LogP contribution in [0.1, 0.15) is 22.6 Å². The van der Waals surface area contributed by atoms with Crippen molar-refractivity contribution in [3.8, 4) is 0 Å². The highest BCUT2D eigenvalue weighted by Gasteiger charge is 2.31. The second-order valence-corrected chi connectivity index (χ2v) is 8.04. The number of rotatable bonds is 4. The van der Waals surface area contributed by atoms with Crippen LogP contribution in [-0.4, -0.2) is 53.4 Å². The lowest BCUT2D eigenvalue weighted by Gasteiger charge is -2.36. The van der Waals surface area contributed by atoms with E-state index in [2.05, 4.69) is 51.2 Å². The standard InChI is InChI=1S/C21H25N3OS/c25-21(18-8-9-19-20(15-18)26-16-22-19)24-13-11-23(12-14-24)10-4-7-17-5-2-1-3-6-17/h1-7,16,18H,8-15H2/b7-4+. The van der Waals surface area contributed by atoms with Gasteiger partial charge in [0.2, 0.25) is 5.91 Å². The van der Waals surface area contributed by atoms with E-state index in [9.17, 15) is 4.79 Å². The molecule has 136 valence electrons. The molecule has 1 amide bonds. The van der Waals surface area contributed by atoms with Crippen molar-refractivity contribution in [1.82, 2.24) is 14.8 Å². The van der Waals surface area contributed by atoms with Crippen molar-refractivity contribution in [3.05, 3.63) is 58.1 Å². The summed E-state index contributed by atoms with van der Waals surface area (Å²) >= 11 is 1.70. The molecule has 1 saturated heterocycles. The first-order valence-corrected chi connectivity index (χ1v) is 10.3. The molecule has 1 aromatic carbocycles. The maximum Gasteiger partial charge on any atom is 0.226 e. The number of hydrogen-bond acceptors (Lipinski definition) is 4. The Kier molecular flexibility index (Phi) is 5.46. The number of hydrogen-bond donors (Lipinski definition) is 0. The monoisotopic (exact) mass is 367 g/mol. The smallest absolute Gasteiger partial charge is 0.226 e. The Hall–Kier alpha value is -1.98. The van der Waals surface area contributed by atoms with E-state index in [4.69, 9.17) is 0 Å². The Labute approximate surface area is 159 Å². The zero-order valence-corrected chi connectivity index (χ0v) is 15.8. The van der Waals surface area contributed by atoms with E-state index in [1.165, 1.54) is 16.1 Å². The van der Waals surface area contributed by atoms with Crippen molar-refractivity contribution in [2.24, 2.45) is 5.92 Å². The van der Waals surface area contributed by atoms with Gasteiger partial charge in [-0.15, -0.1) is 11.3 Å². The van der Waals surface area contributed by atoms with Crippen molar-refractivity contribution in [2.75, 3.05) is 32.7 Å². The largest absolute Gasteiger partial charge is 0.340 e. The highest BCUT2D eigenvalue weighted by Crippen LogP contribution is 2.29. The Morgan fingerprint density at radius 2 is 2.00 bits per heavy atom. The van der Waals surface area contributed by atoms with Crippen molar-refractivity contribution < 1.29 is 4.79 Å². The van der Waals surface area contributed by atoms with E-state index in [1.807, 2.05) is 11.6 Å². The summed E-state index contributed by atoms with van der Waals surface area (Å²) < 4.78 is 0. The van der Waals surface area contributed by atoms with Crippen LogP contribution in [0.4, 0.5) is 0 Å². The summed E-state index contributed by atoms with van der Waals surface area (Å²) in [6.07, 6.45) is 7.19. The molecular formula is C21H25N3OS. The van der Waals surface area contributed by atoms with Crippen LogP contribution in [-0.2, 0) is 17.6 Å². The van der Waals surface area contributed by atoms with Crippen LogP contribution in [0.25, 0.3) is 6.08 Å². The summed E-state index contributed by atoms with van der Waals surface area (Å²) in [6, 6.07) is 10.4. The molecule has 1 aliphatic carbocycles. The number of piperazine rings is 1. The lowest BCUT2D eigenvalue weighted by molar-refractivity contribution is -0.137. The van der Waals surface area contributed by atoms with Crippen LogP contribution in [0.15, 0.2) is 41.9 Å². The molecule has 1 unspecified atom stereocenters. The third-order valence-corrected chi connectivity index (χ3v) is 6.29. The van der Waals surface area contributed by atoms with Crippen molar-refractivity contribution in [3.63, 3.8) is 0 Å². The van der Waals surface area contributed by atoms with E-state index in [0.717, 1.165) is 52.0 Å².